The molecular weight excluding hydrogens is 312 g/mol. The van der Waals surface area contributed by atoms with Crippen molar-refractivity contribution in [3.05, 3.63) is 102 Å². The summed E-state index contributed by atoms with van der Waals surface area (Å²) in [7, 11) is 3.31. The van der Waals surface area contributed by atoms with Crippen LogP contribution in [0.15, 0.2) is 91.0 Å². The first kappa shape index (κ1) is 18.1. The highest BCUT2D eigenvalue weighted by Gasteiger charge is 2.12. The lowest BCUT2D eigenvalue weighted by Gasteiger charge is -2.13. The third-order valence-electron chi connectivity index (χ3n) is 3.44. The first-order valence-electron chi connectivity index (χ1n) is 7.93. The fraction of sp³-hybridized carbons (Fsp3) is 0.0909. The van der Waals surface area contributed by atoms with Crippen LogP contribution in [0, 0.1) is 0 Å². The first-order valence-corrected chi connectivity index (χ1v) is 7.93. The molecule has 0 aliphatic carbocycles. The van der Waals surface area contributed by atoms with E-state index in [0.29, 0.717) is 5.75 Å². The normalized spacial score (nSPS) is 10.8. The molecule has 0 atom stereocenters. The van der Waals surface area contributed by atoms with E-state index in [2.05, 4.69) is 0 Å². The lowest BCUT2D eigenvalue weighted by molar-refractivity contribution is 0.328. The Morgan fingerprint density at radius 3 is 1.12 bits per heavy atom. The average Bonchev–Trinajstić information content (AvgIpc) is 2.68. The smallest absolute Gasteiger partial charge is 0.168 e. The van der Waals surface area contributed by atoms with Gasteiger partial charge in [0.25, 0.3) is 0 Å². The van der Waals surface area contributed by atoms with Gasteiger partial charge in [-0.15, -0.1) is 0 Å². The molecule has 3 aromatic rings. The van der Waals surface area contributed by atoms with Crippen LogP contribution in [0.1, 0.15) is 11.1 Å². The van der Waals surface area contributed by atoms with E-state index in [0.717, 1.165) is 22.6 Å². The highest BCUT2D eigenvalue weighted by molar-refractivity contribution is 5.83. The summed E-state index contributed by atoms with van der Waals surface area (Å²) in [5, 5.41) is 8.63. The monoisotopic (exact) mass is 334 g/mol. The molecule has 0 radical (unpaired) electrons. The van der Waals surface area contributed by atoms with Crippen molar-refractivity contribution in [2.75, 3.05) is 14.2 Å². The molecule has 3 rings (SSSR count). The number of rotatable bonds is 4. The first-order chi connectivity index (χ1) is 12.3. The van der Waals surface area contributed by atoms with Crippen LogP contribution >= 0.6 is 0 Å². The molecule has 0 amide bonds. The lowest BCUT2D eigenvalue weighted by Crippen LogP contribution is -1.96. The topological polar surface area (TPSA) is 38.7 Å². The number of methoxy groups -OCH3 is 2. The van der Waals surface area contributed by atoms with Crippen LogP contribution in [0.5, 0.6) is 5.75 Å². The van der Waals surface area contributed by atoms with E-state index in [4.69, 9.17) is 14.6 Å². The van der Waals surface area contributed by atoms with Gasteiger partial charge in [0, 0.05) is 11.1 Å². The number of para-hydroxylation sites is 1. The van der Waals surface area contributed by atoms with E-state index in [1.165, 1.54) is 0 Å². The largest absolute Gasteiger partial charge is 0.508 e. The SMILES string of the molecule is COC(=C(OC)c1ccccc1)c1ccccc1.Oc1ccccc1. The Hall–Kier alpha value is -3.20. The Morgan fingerprint density at radius 1 is 0.560 bits per heavy atom. The molecule has 3 heteroatoms. The van der Waals surface area contributed by atoms with Crippen LogP contribution < -0.4 is 0 Å². The van der Waals surface area contributed by atoms with Gasteiger partial charge in [-0.2, -0.15) is 0 Å². The Labute approximate surface area is 148 Å². The highest BCUT2D eigenvalue weighted by Crippen LogP contribution is 2.27. The molecule has 128 valence electrons. The van der Waals surface area contributed by atoms with Crippen LogP contribution in [0.2, 0.25) is 0 Å². The van der Waals surface area contributed by atoms with Gasteiger partial charge in [-0.3, -0.25) is 0 Å². The molecule has 0 unspecified atom stereocenters. The zero-order valence-electron chi connectivity index (χ0n) is 14.4. The average molecular weight is 334 g/mol. The number of aromatic hydroxyl groups is 1. The van der Waals surface area contributed by atoms with Crippen molar-refractivity contribution in [3.8, 4) is 5.75 Å². The van der Waals surface area contributed by atoms with Crippen molar-refractivity contribution < 1.29 is 14.6 Å². The molecule has 0 heterocycles. The van der Waals surface area contributed by atoms with Gasteiger partial charge < -0.3 is 14.6 Å². The van der Waals surface area contributed by atoms with Crippen molar-refractivity contribution in [1.82, 2.24) is 0 Å². The minimum Gasteiger partial charge on any atom is -0.508 e. The van der Waals surface area contributed by atoms with Crippen molar-refractivity contribution >= 4 is 11.5 Å². The van der Waals surface area contributed by atoms with Gasteiger partial charge >= 0.3 is 0 Å². The molecule has 25 heavy (non-hydrogen) atoms. The summed E-state index contributed by atoms with van der Waals surface area (Å²) in [6.45, 7) is 0. The second-order valence-corrected chi connectivity index (χ2v) is 5.13. The molecule has 0 aliphatic heterocycles. The van der Waals surface area contributed by atoms with Gasteiger partial charge in [-0.25, -0.2) is 0 Å². The van der Waals surface area contributed by atoms with Crippen LogP contribution in [-0.4, -0.2) is 19.3 Å². The third kappa shape index (κ3) is 5.43. The van der Waals surface area contributed by atoms with Crippen LogP contribution in [-0.2, 0) is 9.47 Å². The Balaban J connectivity index is 0.000000269. The molecule has 3 aromatic carbocycles. The second-order valence-electron chi connectivity index (χ2n) is 5.13. The summed E-state index contributed by atoms with van der Waals surface area (Å²) < 4.78 is 11.0. The van der Waals surface area contributed by atoms with E-state index < -0.39 is 0 Å². The predicted molar refractivity (Wildman–Crippen MR) is 102 cm³/mol. The number of hydrogen-bond acceptors (Lipinski definition) is 3. The Kier molecular flexibility index (Phi) is 7.13. The van der Waals surface area contributed by atoms with Gasteiger partial charge in [0.15, 0.2) is 11.5 Å². The van der Waals surface area contributed by atoms with Crippen LogP contribution in [0.25, 0.3) is 11.5 Å². The fourth-order valence-electron chi connectivity index (χ4n) is 2.29. The predicted octanol–water partition coefficient (Wildman–Crippen LogP) is 5.20. The highest BCUT2D eigenvalue weighted by atomic mass is 16.5. The molecule has 0 bridgehead atoms. The Morgan fingerprint density at radius 2 is 0.880 bits per heavy atom. The zero-order valence-corrected chi connectivity index (χ0v) is 14.4. The van der Waals surface area contributed by atoms with Crippen molar-refractivity contribution in [2.24, 2.45) is 0 Å². The van der Waals surface area contributed by atoms with E-state index >= 15 is 0 Å². The minimum absolute atomic E-state index is 0.322. The molecule has 0 fully saturated rings. The number of phenols is 1. The summed E-state index contributed by atoms with van der Waals surface area (Å²) >= 11 is 0. The van der Waals surface area contributed by atoms with Gasteiger partial charge in [-0.05, 0) is 12.1 Å². The summed E-state index contributed by atoms with van der Waals surface area (Å²) in [6.07, 6.45) is 0. The Bertz CT molecular complexity index is 717. The van der Waals surface area contributed by atoms with Crippen LogP contribution in [0.4, 0.5) is 0 Å². The van der Waals surface area contributed by atoms with E-state index in [-0.39, 0.29) is 0 Å². The molecule has 0 aromatic heterocycles. The summed E-state index contributed by atoms with van der Waals surface area (Å²) in [4.78, 5) is 0. The van der Waals surface area contributed by atoms with E-state index in [1.807, 2.05) is 66.7 Å². The summed E-state index contributed by atoms with van der Waals surface area (Å²) in [6, 6.07) is 28.6. The summed E-state index contributed by atoms with van der Waals surface area (Å²) in [5.74, 6) is 1.80. The molecule has 0 spiro atoms. The maximum absolute atomic E-state index is 8.63. The standard InChI is InChI=1S/C16H16O2.C6H6O/c1-17-15(13-9-5-3-6-10-13)16(18-2)14-11-7-4-8-12-14;7-6-4-2-1-3-5-6/h3-12H,1-2H3;1-5,7H. The van der Waals surface area contributed by atoms with Gasteiger partial charge in [0.2, 0.25) is 0 Å². The number of phenolic OH excluding ortho intramolecular Hbond substituents is 1. The zero-order chi connectivity index (χ0) is 17.9. The van der Waals surface area contributed by atoms with E-state index in [9.17, 15) is 0 Å². The molecule has 1 N–H and O–H groups in total. The number of benzene rings is 3. The molecular formula is C22H22O3. The maximum atomic E-state index is 8.63. The fourth-order valence-corrected chi connectivity index (χ4v) is 2.29. The van der Waals surface area contributed by atoms with Gasteiger partial charge in [-0.1, -0.05) is 78.9 Å². The van der Waals surface area contributed by atoms with E-state index in [1.54, 1.807) is 38.5 Å². The third-order valence-corrected chi connectivity index (χ3v) is 3.44. The molecule has 0 saturated carbocycles. The number of ether oxygens (including phenoxy) is 2. The van der Waals surface area contributed by atoms with Gasteiger partial charge in [0.1, 0.15) is 5.75 Å². The summed E-state index contributed by atoms with van der Waals surface area (Å²) in [5.41, 5.74) is 2.00. The van der Waals surface area contributed by atoms with Crippen molar-refractivity contribution in [1.29, 1.82) is 0 Å². The second kappa shape index (κ2) is 9.83. The molecule has 3 nitrogen and oxygen atoms in total. The number of hydrogen-bond donors (Lipinski definition) is 1. The quantitative estimate of drug-likeness (QED) is 0.526. The van der Waals surface area contributed by atoms with Crippen molar-refractivity contribution in [2.45, 2.75) is 0 Å². The molecule has 0 aliphatic rings. The molecule has 0 saturated heterocycles. The maximum Gasteiger partial charge on any atom is 0.168 e. The van der Waals surface area contributed by atoms with Gasteiger partial charge in [0.05, 0.1) is 14.2 Å². The minimum atomic E-state index is 0.322. The van der Waals surface area contributed by atoms with Crippen molar-refractivity contribution in [3.63, 3.8) is 0 Å². The van der Waals surface area contributed by atoms with Crippen LogP contribution in [0.3, 0.4) is 0 Å². The lowest BCUT2D eigenvalue weighted by atomic mass is 10.1.